The smallest absolute Gasteiger partial charge is 0.381 e. The van der Waals surface area contributed by atoms with E-state index in [1.807, 2.05) is 0 Å². The Labute approximate surface area is 73.5 Å². The molecule has 0 bridgehead atoms. The molecular formula is C7H7NO5. The van der Waals surface area contributed by atoms with Crippen molar-refractivity contribution in [3.63, 3.8) is 0 Å². The fourth-order valence-corrected chi connectivity index (χ4v) is 0.428. The molecule has 0 saturated carbocycles. The molecule has 0 aliphatic rings. The van der Waals surface area contributed by atoms with Crippen LogP contribution >= 0.6 is 0 Å². The first-order valence-electron chi connectivity index (χ1n) is 3.17. The lowest BCUT2D eigenvalue weighted by Gasteiger charge is -1.97. The first kappa shape index (κ1) is 11.0. The van der Waals surface area contributed by atoms with Gasteiger partial charge in [-0.25, -0.2) is 4.79 Å². The van der Waals surface area contributed by atoms with Crippen LogP contribution in [0.2, 0.25) is 0 Å². The summed E-state index contributed by atoms with van der Waals surface area (Å²) in [6.07, 6.45) is 1.40. The summed E-state index contributed by atoms with van der Waals surface area (Å²) in [7, 11) is 0. The van der Waals surface area contributed by atoms with Gasteiger partial charge in [0, 0.05) is 0 Å². The van der Waals surface area contributed by atoms with E-state index in [-0.39, 0.29) is 12.9 Å². The molecule has 1 N–H and O–H groups in total. The van der Waals surface area contributed by atoms with E-state index in [4.69, 9.17) is 5.11 Å². The number of ether oxygens (including phenoxy) is 1. The van der Waals surface area contributed by atoms with Crippen molar-refractivity contribution >= 4 is 11.8 Å². The molecule has 0 aromatic heterocycles. The molecule has 0 aliphatic carbocycles. The predicted molar refractivity (Wildman–Crippen MR) is 42.7 cm³/mol. The molecule has 13 heavy (non-hydrogen) atoms. The maximum absolute atomic E-state index is 10.8. The van der Waals surface area contributed by atoms with Crippen molar-refractivity contribution in [2.24, 2.45) is 5.18 Å². The average molecular weight is 185 g/mol. The Bertz CT molecular complexity index is 268. The van der Waals surface area contributed by atoms with Crippen LogP contribution in [0.25, 0.3) is 0 Å². The molecule has 0 rings (SSSR count). The second-order valence-corrected chi connectivity index (χ2v) is 1.82. The number of ketones is 1. The molecule has 0 saturated heterocycles. The van der Waals surface area contributed by atoms with E-state index in [2.05, 4.69) is 16.5 Å². The normalized spacial score (nSPS) is 10.3. The van der Waals surface area contributed by atoms with Crippen LogP contribution in [-0.4, -0.2) is 23.5 Å². The SMILES string of the molecule is C=CCOC(=O)C(=O)C(=CO)N=O. The molecule has 70 valence electrons. The minimum absolute atomic E-state index is 0.143. The van der Waals surface area contributed by atoms with Gasteiger partial charge in [0.15, 0.2) is 5.70 Å². The van der Waals surface area contributed by atoms with E-state index in [9.17, 15) is 14.5 Å². The number of carbonyl (C=O) groups excluding carboxylic acids is 2. The van der Waals surface area contributed by atoms with Gasteiger partial charge in [-0.1, -0.05) is 12.7 Å². The number of aliphatic hydroxyl groups excluding tert-OH is 1. The average Bonchev–Trinajstić information content (AvgIpc) is 2.15. The van der Waals surface area contributed by atoms with Crippen LogP contribution in [0.1, 0.15) is 0 Å². The van der Waals surface area contributed by atoms with Crippen molar-refractivity contribution in [1.82, 2.24) is 0 Å². The third-order valence-corrected chi connectivity index (χ3v) is 0.971. The number of rotatable bonds is 5. The van der Waals surface area contributed by atoms with Crippen LogP contribution in [0.4, 0.5) is 0 Å². The Morgan fingerprint density at radius 2 is 2.15 bits per heavy atom. The Hall–Kier alpha value is -1.98. The summed E-state index contributed by atoms with van der Waals surface area (Å²) < 4.78 is 4.28. The molecule has 0 aromatic carbocycles. The zero-order valence-corrected chi connectivity index (χ0v) is 6.60. The molecule has 0 atom stereocenters. The summed E-state index contributed by atoms with van der Waals surface area (Å²) in [4.78, 5) is 31.3. The molecule has 0 spiro atoms. The first-order valence-corrected chi connectivity index (χ1v) is 3.17. The van der Waals surface area contributed by atoms with Gasteiger partial charge >= 0.3 is 5.97 Å². The van der Waals surface area contributed by atoms with Gasteiger partial charge in [-0.05, 0) is 5.18 Å². The molecule has 0 fully saturated rings. The van der Waals surface area contributed by atoms with Crippen LogP contribution in [0.5, 0.6) is 0 Å². The summed E-state index contributed by atoms with van der Waals surface area (Å²) in [5.74, 6) is -2.56. The molecule has 0 aromatic rings. The number of hydrogen-bond donors (Lipinski definition) is 1. The lowest BCUT2D eigenvalue weighted by molar-refractivity contribution is -0.151. The minimum Gasteiger partial charge on any atom is -0.513 e. The Kier molecular flexibility index (Phi) is 4.78. The number of hydrogen-bond acceptors (Lipinski definition) is 6. The molecule has 0 heterocycles. The highest BCUT2D eigenvalue weighted by Gasteiger charge is 2.21. The number of nitrogens with zero attached hydrogens (tertiary/aromatic N) is 1. The van der Waals surface area contributed by atoms with Crippen molar-refractivity contribution in [3.8, 4) is 0 Å². The second-order valence-electron chi connectivity index (χ2n) is 1.82. The van der Waals surface area contributed by atoms with Crippen LogP contribution in [0.3, 0.4) is 0 Å². The van der Waals surface area contributed by atoms with Crippen LogP contribution in [0, 0.1) is 4.91 Å². The van der Waals surface area contributed by atoms with Gasteiger partial charge < -0.3 is 9.84 Å². The first-order chi connectivity index (χ1) is 6.17. The Balaban J connectivity index is 4.33. The van der Waals surface area contributed by atoms with Crippen molar-refractivity contribution in [3.05, 3.63) is 29.5 Å². The minimum atomic E-state index is -1.29. The maximum atomic E-state index is 10.8. The number of carbonyl (C=O) groups is 2. The molecular weight excluding hydrogens is 178 g/mol. The third-order valence-electron chi connectivity index (χ3n) is 0.971. The quantitative estimate of drug-likeness (QED) is 0.167. The fraction of sp³-hybridized carbons (Fsp3) is 0.143. The highest BCUT2D eigenvalue weighted by molar-refractivity contribution is 6.40. The maximum Gasteiger partial charge on any atom is 0.381 e. The number of aliphatic hydroxyl groups is 1. The summed E-state index contributed by atoms with van der Waals surface area (Å²) >= 11 is 0. The fourth-order valence-electron chi connectivity index (χ4n) is 0.428. The van der Waals surface area contributed by atoms with E-state index in [0.29, 0.717) is 0 Å². The van der Waals surface area contributed by atoms with E-state index in [1.165, 1.54) is 6.08 Å². The van der Waals surface area contributed by atoms with Crippen LogP contribution in [-0.2, 0) is 14.3 Å². The number of Topliss-reactive ketones (excluding diaryl/α,β-unsaturated/α-hetero) is 1. The second kappa shape index (κ2) is 5.64. The molecule has 0 unspecified atom stereocenters. The van der Waals surface area contributed by atoms with Gasteiger partial charge in [-0.15, -0.1) is 4.91 Å². The monoisotopic (exact) mass is 185 g/mol. The zero-order chi connectivity index (χ0) is 10.3. The number of esters is 1. The Morgan fingerprint density at radius 3 is 2.54 bits per heavy atom. The van der Waals surface area contributed by atoms with E-state index in [1.54, 1.807) is 0 Å². The van der Waals surface area contributed by atoms with Gasteiger partial charge in [-0.2, -0.15) is 0 Å². The van der Waals surface area contributed by atoms with Gasteiger partial charge in [0.1, 0.15) is 12.9 Å². The van der Waals surface area contributed by atoms with Crippen LogP contribution in [0.15, 0.2) is 29.8 Å². The summed E-state index contributed by atoms with van der Waals surface area (Å²) in [5.41, 5.74) is -0.894. The topological polar surface area (TPSA) is 93.0 Å². The van der Waals surface area contributed by atoms with Crippen molar-refractivity contribution < 1.29 is 19.4 Å². The van der Waals surface area contributed by atoms with Gasteiger partial charge in [0.25, 0.3) is 5.78 Å². The summed E-state index contributed by atoms with van der Waals surface area (Å²) in [6, 6.07) is 0. The number of nitroso groups, excluding NO2 is 1. The van der Waals surface area contributed by atoms with Gasteiger partial charge in [-0.3, -0.25) is 4.79 Å². The lowest BCUT2D eigenvalue weighted by Crippen LogP contribution is -2.18. The third kappa shape index (κ3) is 3.28. The van der Waals surface area contributed by atoms with Crippen molar-refractivity contribution in [2.75, 3.05) is 6.61 Å². The van der Waals surface area contributed by atoms with Gasteiger partial charge in [0.05, 0.1) is 0 Å². The Morgan fingerprint density at radius 1 is 1.54 bits per heavy atom. The van der Waals surface area contributed by atoms with Crippen molar-refractivity contribution in [2.45, 2.75) is 0 Å². The highest BCUT2D eigenvalue weighted by Crippen LogP contribution is 1.98. The van der Waals surface area contributed by atoms with Gasteiger partial charge in [0.2, 0.25) is 0 Å². The molecule has 0 radical (unpaired) electrons. The van der Waals surface area contributed by atoms with E-state index in [0.717, 1.165) is 0 Å². The molecule has 6 heteroatoms. The standard InChI is InChI=1S/C7H7NO5/c1-2-3-13-7(11)6(10)5(4-9)8-12/h2,4,9H,1,3H2. The largest absolute Gasteiger partial charge is 0.513 e. The van der Waals surface area contributed by atoms with E-state index < -0.39 is 17.4 Å². The molecule has 0 amide bonds. The summed E-state index contributed by atoms with van der Waals surface area (Å²) in [6.45, 7) is 3.09. The zero-order valence-electron chi connectivity index (χ0n) is 6.60. The summed E-state index contributed by atoms with van der Waals surface area (Å²) in [5, 5.41) is 10.4. The lowest BCUT2D eigenvalue weighted by atomic mass is 10.3. The molecule has 6 nitrogen and oxygen atoms in total. The van der Waals surface area contributed by atoms with Crippen molar-refractivity contribution in [1.29, 1.82) is 0 Å². The van der Waals surface area contributed by atoms with E-state index >= 15 is 0 Å². The van der Waals surface area contributed by atoms with Crippen LogP contribution < -0.4 is 0 Å². The molecule has 0 aliphatic heterocycles. The predicted octanol–water partition coefficient (Wildman–Crippen LogP) is 0.450. The highest BCUT2D eigenvalue weighted by atomic mass is 16.5.